The molecule has 0 aliphatic heterocycles. The largest absolute Gasteiger partial charge is 0.396 e. The molecule has 2 aliphatic rings. The zero-order valence-electron chi connectivity index (χ0n) is 8.86. The molecule has 2 aliphatic carbocycles. The molecule has 2 rings (SSSR count). The van der Waals surface area contributed by atoms with Crippen LogP contribution in [0.2, 0.25) is 0 Å². The number of rotatable bonds is 2. The van der Waals surface area contributed by atoms with Gasteiger partial charge in [-0.25, -0.2) is 0 Å². The van der Waals surface area contributed by atoms with Crippen molar-refractivity contribution in [1.29, 1.82) is 0 Å². The first kappa shape index (κ1) is 10.4. The zero-order valence-corrected chi connectivity index (χ0v) is 8.86. The second-order valence-corrected chi connectivity index (χ2v) is 5.09. The highest BCUT2D eigenvalue weighted by Crippen LogP contribution is 2.47. The van der Waals surface area contributed by atoms with Gasteiger partial charge in [0.15, 0.2) is 0 Å². The summed E-state index contributed by atoms with van der Waals surface area (Å²) in [5.74, 6) is 2.18. The lowest BCUT2D eigenvalue weighted by Crippen LogP contribution is -2.24. The van der Waals surface area contributed by atoms with Crippen LogP contribution < -0.4 is 0 Å². The van der Waals surface area contributed by atoms with Crippen molar-refractivity contribution in [1.82, 2.24) is 0 Å². The fourth-order valence-electron chi connectivity index (χ4n) is 3.66. The Morgan fingerprint density at radius 2 is 1.29 bits per heavy atom. The van der Waals surface area contributed by atoms with Crippen LogP contribution in [-0.4, -0.2) is 23.4 Å². The molecule has 2 bridgehead atoms. The van der Waals surface area contributed by atoms with E-state index in [1.165, 1.54) is 38.5 Å². The Balaban J connectivity index is 2.08. The maximum absolute atomic E-state index is 9.39. The normalized spacial score (nSPS) is 43.3. The third-order valence-corrected chi connectivity index (χ3v) is 4.44. The smallest absolute Gasteiger partial charge is 0.0465 e. The van der Waals surface area contributed by atoms with Gasteiger partial charge in [-0.1, -0.05) is 32.1 Å². The van der Waals surface area contributed by atoms with E-state index in [1.807, 2.05) is 0 Å². The quantitative estimate of drug-likeness (QED) is 0.710. The van der Waals surface area contributed by atoms with Crippen molar-refractivity contribution in [3.05, 3.63) is 0 Å². The van der Waals surface area contributed by atoms with Gasteiger partial charge in [-0.05, 0) is 30.1 Å². The van der Waals surface area contributed by atoms with Gasteiger partial charge in [0.2, 0.25) is 0 Å². The maximum atomic E-state index is 9.39. The van der Waals surface area contributed by atoms with E-state index in [1.54, 1.807) is 0 Å². The fraction of sp³-hybridized carbons (Fsp3) is 1.00. The molecule has 14 heavy (non-hydrogen) atoms. The van der Waals surface area contributed by atoms with Crippen LogP contribution in [0.1, 0.15) is 38.5 Å². The zero-order chi connectivity index (χ0) is 9.97. The topological polar surface area (TPSA) is 40.5 Å². The first-order chi connectivity index (χ1) is 6.86. The molecule has 0 aromatic heterocycles. The van der Waals surface area contributed by atoms with Crippen molar-refractivity contribution in [2.45, 2.75) is 38.5 Å². The van der Waals surface area contributed by atoms with Crippen LogP contribution in [0.5, 0.6) is 0 Å². The first-order valence-corrected chi connectivity index (χ1v) is 6.08. The monoisotopic (exact) mass is 198 g/mol. The van der Waals surface area contributed by atoms with Crippen LogP contribution in [0.3, 0.4) is 0 Å². The van der Waals surface area contributed by atoms with Crippen LogP contribution >= 0.6 is 0 Å². The average Bonchev–Trinajstić information content (AvgIpc) is 2.52. The van der Waals surface area contributed by atoms with Crippen LogP contribution in [-0.2, 0) is 0 Å². The molecule has 0 saturated heterocycles. The van der Waals surface area contributed by atoms with Crippen molar-refractivity contribution >= 4 is 0 Å². The lowest BCUT2D eigenvalue weighted by molar-refractivity contribution is 0.101. The minimum atomic E-state index is 0.284. The third-order valence-electron chi connectivity index (χ3n) is 4.44. The van der Waals surface area contributed by atoms with Gasteiger partial charge in [0.25, 0.3) is 0 Å². The summed E-state index contributed by atoms with van der Waals surface area (Å²) in [5.41, 5.74) is 0. The van der Waals surface area contributed by atoms with Crippen molar-refractivity contribution in [3.8, 4) is 0 Å². The number of fused-ring (bicyclic) bond motifs is 2. The molecule has 0 aromatic carbocycles. The van der Waals surface area contributed by atoms with E-state index < -0.39 is 0 Å². The summed E-state index contributed by atoms with van der Waals surface area (Å²) in [7, 11) is 0. The Morgan fingerprint density at radius 3 is 1.71 bits per heavy atom. The van der Waals surface area contributed by atoms with E-state index in [-0.39, 0.29) is 13.2 Å². The van der Waals surface area contributed by atoms with Gasteiger partial charge in [-0.15, -0.1) is 0 Å². The molecule has 4 unspecified atom stereocenters. The number of aliphatic hydroxyl groups excluding tert-OH is 2. The van der Waals surface area contributed by atoms with Crippen molar-refractivity contribution < 1.29 is 10.2 Å². The maximum Gasteiger partial charge on any atom is 0.0465 e. The summed E-state index contributed by atoms with van der Waals surface area (Å²) < 4.78 is 0. The van der Waals surface area contributed by atoms with Gasteiger partial charge in [0.1, 0.15) is 0 Å². The summed E-state index contributed by atoms with van der Waals surface area (Å²) in [6, 6.07) is 0. The minimum absolute atomic E-state index is 0.284. The lowest BCUT2D eigenvalue weighted by atomic mass is 9.86. The number of hydrogen-bond acceptors (Lipinski definition) is 2. The van der Waals surface area contributed by atoms with E-state index >= 15 is 0 Å². The number of aliphatic hydroxyl groups is 2. The molecule has 0 aromatic rings. The second kappa shape index (κ2) is 4.63. The van der Waals surface area contributed by atoms with E-state index in [0.29, 0.717) is 23.7 Å². The van der Waals surface area contributed by atoms with Crippen LogP contribution in [0.4, 0.5) is 0 Å². The summed E-state index contributed by atoms with van der Waals surface area (Å²) in [5, 5.41) is 18.8. The van der Waals surface area contributed by atoms with E-state index in [9.17, 15) is 10.2 Å². The highest BCUT2D eigenvalue weighted by Gasteiger charge is 2.42. The molecule has 0 spiro atoms. The van der Waals surface area contributed by atoms with Crippen molar-refractivity contribution in [3.63, 3.8) is 0 Å². The van der Waals surface area contributed by atoms with E-state index in [2.05, 4.69) is 0 Å². The number of hydrogen-bond donors (Lipinski definition) is 2. The fourth-order valence-corrected chi connectivity index (χ4v) is 3.66. The molecule has 0 radical (unpaired) electrons. The predicted molar refractivity (Wildman–Crippen MR) is 55.8 cm³/mol. The van der Waals surface area contributed by atoms with Gasteiger partial charge < -0.3 is 10.2 Å². The van der Waals surface area contributed by atoms with E-state index in [4.69, 9.17) is 0 Å². The molecule has 2 saturated carbocycles. The van der Waals surface area contributed by atoms with Crippen LogP contribution in [0.25, 0.3) is 0 Å². The minimum Gasteiger partial charge on any atom is -0.396 e. The highest BCUT2D eigenvalue weighted by atomic mass is 16.3. The Bertz CT molecular complexity index is 163. The Kier molecular flexibility index (Phi) is 3.45. The molecule has 0 amide bonds. The van der Waals surface area contributed by atoms with Gasteiger partial charge in [0, 0.05) is 13.2 Å². The molecule has 2 heteroatoms. The summed E-state index contributed by atoms with van der Waals surface area (Å²) in [4.78, 5) is 0. The molecule has 2 nitrogen and oxygen atoms in total. The Hall–Kier alpha value is -0.0800. The van der Waals surface area contributed by atoms with Gasteiger partial charge in [-0.2, -0.15) is 0 Å². The lowest BCUT2D eigenvalue weighted by Gasteiger charge is -2.22. The molecule has 4 atom stereocenters. The summed E-state index contributed by atoms with van der Waals surface area (Å²) in [6.07, 6.45) is 7.81. The average molecular weight is 198 g/mol. The Morgan fingerprint density at radius 1 is 0.786 bits per heavy atom. The molecular weight excluding hydrogens is 176 g/mol. The highest BCUT2D eigenvalue weighted by molar-refractivity contribution is 4.91. The summed E-state index contributed by atoms with van der Waals surface area (Å²) >= 11 is 0. The third kappa shape index (κ3) is 1.82. The van der Waals surface area contributed by atoms with E-state index in [0.717, 1.165) is 0 Å². The predicted octanol–water partition coefficient (Wildman–Crippen LogP) is 1.80. The SMILES string of the molecule is OCC1C2CCCCCC(C2)C1CO. The molecule has 2 fully saturated rings. The van der Waals surface area contributed by atoms with Crippen molar-refractivity contribution in [2.24, 2.45) is 23.7 Å². The second-order valence-electron chi connectivity index (χ2n) is 5.09. The van der Waals surface area contributed by atoms with Crippen LogP contribution in [0.15, 0.2) is 0 Å². The standard InChI is InChI=1S/C12H22O2/c13-7-11-9-4-2-1-3-5-10(6-9)12(11)8-14/h9-14H,1-8H2. The summed E-state index contributed by atoms with van der Waals surface area (Å²) in [6.45, 7) is 0.568. The molecule has 2 N–H and O–H groups in total. The van der Waals surface area contributed by atoms with Crippen molar-refractivity contribution in [2.75, 3.05) is 13.2 Å². The Labute approximate surface area is 86.3 Å². The molecule has 0 heterocycles. The molecule has 82 valence electrons. The van der Waals surface area contributed by atoms with Gasteiger partial charge in [0.05, 0.1) is 0 Å². The van der Waals surface area contributed by atoms with Gasteiger partial charge in [-0.3, -0.25) is 0 Å². The van der Waals surface area contributed by atoms with Crippen LogP contribution in [0, 0.1) is 23.7 Å². The first-order valence-electron chi connectivity index (χ1n) is 6.08. The van der Waals surface area contributed by atoms with Gasteiger partial charge >= 0.3 is 0 Å². The molecular formula is C12H22O2.